The van der Waals surface area contributed by atoms with Gasteiger partial charge in [-0.15, -0.1) is 0 Å². The van der Waals surface area contributed by atoms with E-state index in [2.05, 4.69) is 22.3 Å². The van der Waals surface area contributed by atoms with Gasteiger partial charge in [-0.1, -0.05) is 24.3 Å². The minimum atomic E-state index is -0.468. The molecule has 1 heterocycles. The number of carbonyl (C=O) groups excluding carboxylic acids is 1. The Labute approximate surface area is 176 Å². The lowest BCUT2D eigenvalue weighted by molar-refractivity contribution is -0.384. The Kier molecular flexibility index (Phi) is 7.02. The van der Waals surface area contributed by atoms with Crippen LogP contribution in [0.2, 0.25) is 0 Å². The van der Waals surface area contributed by atoms with Gasteiger partial charge in [0.25, 0.3) is 5.69 Å². The lowest BCUT2D eigenvalue weighted by atomic mass is 10.1. The zero-order chi connectivity index (χ0) is 21.7. The van der Waals surface area contributed by atoms with Gasteiger partial charge in [0.2, 0.25) is 5.91 Å². The van der Waals surface area contributed by atoms with E-state index in [0.717, 1.165) is 29.9 Å². The monoisotopic (exact) mass is 412 g/mol. The van der Waals surface area contributed by atoms with E-state index in [9.17, 15) is 14.9 Å². The molecule has 1 aliphatic heterocycles. The second kappa shape index (κ2) is 9.69. The van der Waals surface area contributed by atoms with E-state index in [1.54, 1.807) is 13.0 Å². The number of amides is 1. The first kappa shape index (κ1) is 21.7. The quantitative estimate of drug-likeness (QED) is 0.555. The molecule has 3 rings (SSSR count). The van der Waals surface area contributed by atoms with Crippen molar-refractivity contribution in [1.29, 1.82) is 0 Å². The molecule has 1 aliphatic rings. The van der Waals surface area contributed by atoms with Crippen molar-refractivity contribution in [3.63, 3.8) is 0 Å². The van der Waals surface area contributed by atoms with E-state index in [-0.39, 0.29) is 23.8 Å². The summed E-state index contributed by atoms with van der Waals surface area (Å²) in [5.74, 6) is -0.279. The maximum atomic E-state index is 12.6. The van der Waals surface area contributed by atoms with Crippen molar-refractivity contribution in [2.24, 2.45) is 0 Å². The van der Waals surface area contributed by atoms with Crippen LogP contribution in [-0.2, 0) is 16.1 Å². The van der Waals surface area contributed by atoms with Gasteiger partial charge in [0.1, 0.15) is 5.69 Å². The van der Waals surface area contributed by atoms with Gasteiger partial charge in [-0.2, -0.15) is 0 Å². The summed E-state index contributed by atoms with van der Waals surface area (Å²) in [4.78, 5) is 27.7. The summed E-state index contributed by atoms with van der Waals surface area (Å²) in [6, 6.07) is 11.3. The SMILES string of the molecule is Cc1ccc([N+](=O)[O-])c(NC(=O)CN(C)Cc2ccccc2N2CCOCC2)c1C. The summed E-state index contributed by atoms with van der Waals surface area (Å²) in [7, 11) is 1.87. The van der Waals surface area contributed by atoms with Crippen LogP contribution >= 0.6 is 0 Å². The molecule has 8 heteroatoms. The number of nitrogens with zero attached hydrogens (tertiary/aromatic N) is 3. The molecule has 0 aliphatic carbocycles. The number of hydrogen-bond acceptors (Lipinski definition) is 6. The number of aryl methyl sites for hydroxylation is 1. The molecule has 0 spiro atoms. The van der Waals surface area contributed by atoms with Crippen LogP contribution in [0, 0.1) is 24.0 Å². The van der Waals surface area contributed by atoms with Crippen LogP contribution in [0.25, 0.3) is 0 Å². The van der Waals surface area contributed by atoms with Crippen LogP contribution in [0.3, 0.4) is 0 Å². The van der Waals surface area contributed by atoms with Gasteiger partial charge in [0.05, 0.1) is 24.7 Å². The van der Waals surface area contributed by atoms with Crippen molar-refractivity contribution >= 4 is 23.0 Å². The third-order valence-electron chi connectivity index (χ3n) is 5.37. The molecule has 1 fully saturated rings. The summed E-state index contributed by atoms with van der Waals surface area (Å²) in [5.41, 5.74) is 4.06. The average Bonchev–Trinajstić information content (AvgIpc) is 2.72. The van der Waals surface area contributed by atoms with Gasteiger partial charge in [-0.05, 0) is 43.7 Å². The topological polar surface area (TPSA) is 88.0 Å². The molecule has 0 saturated carbocycles. The number of nitro benzene ring substituents is 1. The van der Waals surface area contributed by atoms with Crippen LogP contribution in [0.15, 0.2) is 36.4 Å². The van der Waals surface area contributed by atoms with Crippen molar-refractivity contribution in [2.75, 3.05) is 50.1 Å². The number of nitro groups is 1. The summed E-state index contributed by atoms with van der Waals surface area (Å²) < 4.78 is 5.44. The Hall–Kier alpha value is -2.97. The molecule has 30 heavy (non-hydrogen) atoms. The van der Waals surface area contributed by atoms with Crippen molar-refractivity contribution in [3.8, 4) is 0 Å². The highest BCUT2D eigenvalue weighted by molar-refractivity contribution is 5.95. The maximum Gasteiger partial charge on any atom is 0.293 e. The molecular formula is C22H28N4O4. The number of likely N-dealkylation sites (N-methyl/N-ethyl adjacent to an activating group) is 1. The third kappa shape index (κ3) is 5.14. The van der Waals surface area contributed by atoms with Crippen LogP contribution in [-0.4, -0.2) is 55.6 Å². The fraction of sp³-hybridized carbons (Fsp3) is 0.409. The zero-order valence-corrected chi connectivity index (χ0v) is 17.7. The zero-order valence-electron chi connectivity index (χ0n) is 17.7. The van der Waals surface area contributed by atoms with Crippen molar-refractivity contribution in [2.45, 2.75) is 20.4 Å². The first-order valence-electron chi connectivity index (χ1n) is 10.0. The third-order valence-corrected chi connectivity index (χ3v) is 5.37. The van der Waals surface area contributed by atoms with E-state index < -0.39 is 4.92 Å². The first-order chi connectivity index (χ1) is 14.4. The lowest BCUT2D eigenvalue weighted by Gasteiger charge is -2.31. The maximum absolute atomic E-state index is 12.6. The normalized spacial score (nSPS) is 14.1. The van der Waals surface area contributed by atoms with Gasteiger partial charge < -0.3 is 15.0 Å². The smallest absolute Gasteiger partial charge is 0.293 e. The molecule has 8 nitrogen and oxygen atoms in total. The number of benzene rings is 2. The molecule has 2 aromatic rings. The molecule has 0 aromatic heterocycles. The number of rotatable bonds is 7. The largest absolute Gasteiger partial charge is 0.378 e. The molecule has 160 valence electrons. The number of morpholine rings is 1. The molecule has 1 N–H and O–H groups in total. The molecule has 0 radical (unpaired) electrons. The Balaban J connectivity index is 1.68. The van der Waals surface area contributed by atoms with E-state index in [4.69, 9.17) is 4.74 Å². The highest BCUT2D eigenvalue weighted by Gasteiger charge is 2.21. The predicted octanol–water partition coefficient (Wildman–Crippen LogP) is 3.12. The number of anilines is 2. The molecule has 0 bridgehead atoms. The Bertz CT molecular complexity index is 925. The van der Waals surface area contributed by atoms with Crippen LogP contribution < -0.4 is 10.2 Å². The summed E-state index contributed by atoms with van der Waals surface area (Å²) in [6.45, 7) is 7.47. The fourth-order valence-corrected chi connectivity index (χ4v) is 3.64. The fourth-order valence-electron chi connectivity index (χ4n) is 3.64. The van der Waals surface area contributed by atoms with Crippen molar-refractivity contribution < 1.29 is 14.5 Å². The van der Waals surface area contributed by atoms with E-state index in [1.165, 1.54) is 6.07 Å². The van der Waals surface area contributed by atoms with E-state index in [0.29, 0.717) is 25.3 Å². The number of para-hydroxylation sites is 1. The molecule has 0 atom stereocenters. The van der Waals surface area contributed by atoms with Crippen LogP contribution in [0.4, 0.5) is 17.1 Å². The highest BCUT2D eigenvalue weighted by atomic mass is 16.6. The number of carbonyl (C=O) groups is 1. The summed E-state index contributed by atoms with van der Waals surface area (Å²) >= 11 is 0. The van der Waals surface area contributed by atoms with Gasteiger partial charge in [0, 0.05) is 31.4 Å². The number of ether oxygens (including phenoxy) is 1. The van der Waals surface area contributed by atoms with Gasteiger partial charge in [-0.3, -0.25) is 19.8 Å². The van der Waals surface area contributed by atoms with Gasteiger partial charge in [0.15, 0.2) is 0 Å². The molecule has 2 aromatic carbocycles. The molecular weight excluding hydrogens is 384 g/mol. The number of nitrogens with one attached hydrogen (secondary N) is 1. The van der Waals surface area contributed by atoms with Crippen molar-refractivity contribution in [3.05, 3.63) is 63.2 Å². The first-order valence-corrected chi connectivity index (χ1v) is 10.0. The van der Waals surface area contributed by atoms with Crippen LogP contribution in [0.1, 0.15) is 16.7 Å². The lowest BCUT2D eigenvalue weighted by Crippen LogP contribution is -2.37. The minimum absolute atomic E-state index is 0.0910. The average molecular weight is 412 g/mol. The second-order valence-electron chi connectivity index (χ2n) is 7.61. The Morgan fingerprint density at radius 3 is 2.60 bits per heavy atom. The standard InChI is InChI=1S/C22H28N4O4/c1-16-8-9-20(26(28)29)22(17(16)2)23-21(27)15-24(3)14-18-6-4-5-7-19(18)25-10-12-30-13-11-25/h4-9H,10-15H2,1-3H3,(H,23,27). The number of hydrogen-bond donors (Lipinski definition) is 1. The van der Waals surface area contributed by atoms with Gasteiger partial charge in [-0.25, -0.2) is 0 Å². The highest BCUT2D eigenvalue weighted by Crippen LogP contribution is 2.30. The molecule has 1 saturated heterocycles. The van der Waals surface area contributed by atoms with Crippen molar-refractivity contribution in [1.82, 2.24) is 4.90 Å². The second-order valence-corrected chi connectivity index (χ2v) is 7.61. The van der Waals surface area contributed by atoms with Gasteiger partial charge >= 0.3 is 0 Å². The van der Waals surface area contributed by atoms with E-state index >= 15 is 0 Å². The summed E-state index contributed by atoms with van der Waals surface area (Å²) in [5, 5.41) is 14.1. The molecule has 1 amide bonds. The van der Waals surface area contributed by atoms with Crippen LogP contribution in [0.5, 0.6) is 0 Å². The predicted molar refractivity (Wildman–Crippen MR) is 117 cm³/mol. The van der Waals surface area contributed by atoms with E-state index in [1.807, 2.05) is 31.0 Å². The molecule has 0 unspecified atom stereocenters. The Morgan fingerprint density at radius 1 is 1.20 bits per heavy atom. The Morgan fingerprint density at radius 2 is 1.90 bits per heavy atom. The minimum Gasteiger partial charge on any atom is -0.378 e. The summed E-state index contributed by atoms with van der Waals surface area (Å²) in [6.07, 6.45) is 0.